The van der Waals surface area contributed by atoms with Crippen LogP contribution in [0.15, 0.2) is 42.5 Å². The van der Waals surface area contributed by atoms with E-state index in [9.17, 15) is 9.90 Å². The number of ether oxygens (including phenoxy) is 1. The minimum Gasteiger partial charge on any atom is -0.496 e. The fraction of sp³-hybridized carbons (Fsp3) is 0.133. The van der Waals surface area contributed by atoms with E-state index in [2.05, 4.69) is 5.32 Å². The van der Waals surface area contributed by atoms with Gasteiger partial charge in [-0.05, 0) is 42.5 Å². The number of rotatable bonds is 4. The number of carbonyl (C=O) groups excluding carboxylic acids is 1. The summed E-state index contributed by atoms with van der Waals surface area (Å²) in [5.74, 6) is 0.340. The molecule has 0 saturated heterocycles. The number of aliphatic hydroxyl groups is 1. The second kappa shape index (κ2) is 6.41. The average molecular weight is 292 g/mol. The van der Waals surface area contributed by atoms with Crippen molar-refractivity contribution in [3.63, 3.8) is 0 Å². The molecule has 0 aromatic heterocycles. The number of aliphatic hydroxyl groups excluding tert-OH is 1. The zero-order chi connectivity index (χ0) is 14.5. The van der Waals surface area contributed by atoms with Crippen molar-refractivity contribution in [1.82, 2.24) is 0 Å². The third-order valence-electron chi connectivity index (χ3n) is 2.82. The van der Waals surface area contributed by atoms with Crippen LogP contribution in [0.2, 0.25) is 5.02 Å². The molecule has 2 rings (SSSR count). The van der Waals surface area contributed by atoms with E-state index in [1.165, 1.54) is 7.11 Å². The third kappa shape index (κ3) is 3.29. The van der Waals surface area contributed by atoms with Gasteiger partial charge in [0.1, 0.15) is 5.75 Å². The van der Waals surface area contributed by atoms with Crippen molar-refractivity contribution in [3.05, 3.63) is 58.6 Å². The van der Waals surface area contributed by atoms with Gasteiger partial charge in [-0.3, -0.25) is 4.79 Å². The van der Waals surface area contributed by atoms with Crippen molar-refractivity contribution < 1.29 is 14.6 Å². The first-order valence-corrected chi connectivity index (χ1v) is 6.36. The zero-order valence-corrected chi connectivity index (χ0v) is 11.6. The second-order valence-corrected chi connectivity index (χ2v) is 4.58. The van der Waals surface area contributed by atoms with Gasteiger partial charge >= 0.3 is 0 Å². The predicted octanol–water partition coefficient (Wildman–Crippen LogP) is 3.09. The van der Waals surface area contributed by atoms with Crippen LogP contribution in [-0.2, 0) is 6.61 Å². The lowest BCUT2D eigenvalue weighted by Crippen LogP contribution is -2.12. The number of hydrogen-bond acceptors (Lipinski definition) is 3. The molecule has 4 nitrogen and oxygen atoms in total. The highest BCUT2D eigenvalue weighted by Gasteiger charge is 2.08. The first-order valence-electron chi connectivity index (χ1n) is 5.98. The number of methoxy groups -OCH3 is 1. The molecule has 0 bridgehead atoms. The number of nitrogens with one attached hydrogen (secondary N) is 1. The van der Waals surface area contributed by atoms with Crippen LogP contribution in [0, 0.1) is 0 Å². The largest absolute Gasteiger partial charge is 0.496 e. The molecule has 0 fully saturated rings. The lowest BCUT2D eigenvalue weighted by atomic mass is 10.1. The van der Waals surface area contributed by atoms with Crippen molar-refractivity contribution in [2.45, 2.75) is 6.61 Å². The molecule has 0 atom stereocenters. The van der Waals surface area contributed by atoms with Crippen molar-refractivity contribution in [2.24, 2.45) is 0 Å². The number of carbonyl (C=O) groups is 1. The van der Waals surface area contributed by atoms with Crippen molar-refractivity contribution >= 4 is 23.2 Å². The van der Waals surface area contributed by atoms with Gasteiger partial charge in [-0.25, -0.2) is 0 Å². The molecule has 20 heavy (non-hydrogen) atoms. The van der Waals surface area contributed by atoms with Gasteiger partial charge in [-0.1, -0.05) is 11.6 Å². The number of anilines is 1. The molecule has 0 aliphatic rings. The van der Waals surface area contributed by atoms with Crippen LogP contribution in [0.5, 0.6) is 5.75 Å². The predicted molar refractivity (Wildman–Crippen MR) is 78.3 cm³/mol. The highest BCUT2D eigenvalue weighted by molar-refractivity contribution is 6.30. The van der Waals surface area contributed by atoms with Crippen LogP contribution in [0.3, 0.4) is 0 Å². The Hall–Kier alpha value is -2.04. The van der Waals surface area contributed by atoms with E-state index in [0.29, 0.717) is 27.6 Å². The van der Waals surface area contributed by atoms with Crippen LogP contribution in [0.25, 0.3) is 0 Å². The number of amides is 1. The summed E-state index contributed by atoms with van der Waals surface area (Å²) in [6.07, 6.45) is 0. The van der Waals surface area contributed by atoms with Gasteiger partial charge in [0, 0.05) is 21.8 Å². The number of halogens is 1. The van der Waals surface area contributed by atoms with Gasteiger partial charge in [-0.2, -0.15) is 0 Å². The summed E-state index contributed by atoms with van der Waals surface area (Å²) in [7, 11) is 1.53. The Labute approximate surface area is 122 Å². The summed E-state index contributed by atoms with van der Waals surface area (Å²) in [6, 6.07) is 11.7. The van der Waals surface area contributed by atoms with Crippen LogP contribution >= 0.6 is 11.6 Å². The molecule has 0 aliphatic carbocycles. The van der Waals surface area contributed by atoms with E-state index in [0.717, 1.165) is 0 Å². The third-order valence-corrected chi connectivity index (χ3v) is 3.07. The summed E-state index contributed by atoms with van der Waals surface area (Å²) in [6.45, 7) is -0.159. The average Bonchev–Trinajstić information content (AvgIpc) is 2.47. The molecule has 0 radical (unpaired) electrons. The van der Waals surface area contributed by atoms with Gasteiger partial charge in [0.05, 0.1) is 13.7 Å². The van der Waals surface area contributed by atoms with Crippen molar-refractivity contribution in [1.29, 1.82) is 0 Å². The summed E-state index contributed by atoms with van der Waals surface area (Å²) >= 11 is 5.78. The van der Waals surface area contributed by atoms with Gasteiger partial charge in [0.2, 0.25) is 0 Å². The molecule has 5 heteroatoms. The fourth-order valence-electron chi connectivity index (χ4n) is 1.78. The molecule has 2 aromatic rings. The van der Waals surface area contributed by atoms with E-state index in [1.54, 1.807) is 42.5 Å². The van der Waals surface area contributed by atoms with Crippen LogP contribution in [-0.4, -0.2) is 18.1 Å². The molecule has 0 heterocycles. The maximum absolute atomic E-state index is 12.0. The Morgan fingerprint density at radius 3 is 2.55 bits per heavy atom. The monoisotopic (exact) mass is 291 g/mol. The minimum absolute atomic E-state index is 0.159. The molecule has 0 aliphatic heterocycles. The zero-order valence-electron chi connectivity index (χ0n) is 10.9. The SMILES string of the molecule is COc1ccc(NC(=O)c2ccc(Cl)cc2)cc1CO. The highest BCUT2D eigenvalue weighted by Crippen LogP contribution is 2.23. The second-order valence-electron chi connectivity index (χ2n) is 4.15. The molecular formula is C15H14ClNO3. The Balaban J connectivity index is 2.17. The van der Waals surface area contributed by atoms with E-state index in [1.807, 2.05) is 0 Å². The smallest absolute Gasteiger partial charge is 0.255 e. The molecule has 0 saturated carbocycles. The van der Waals surface area contributed by atoms with Gasteiger partial charge in [0.15, 0.2) is 0 Å². The van der Waals surface area contributed by atoms with Crippen LogP contribution in [0.4, 0.5) is 5.69 Å². The van der Waals surface area contributed by atoms with Crippen molar-refractivity contribution in [3.8, 4) is 5.75 Å². The van der Waals surface area contributed by atoms with E-state index in [-0.39, 0.29) is 12.5 Å². The molecular weight excluding hydrogens is 278 g/mol. The fourth-order valence-corrected chi connectivity index (χ4v) is 1.91. The lowest BCUT2D eigenvalue weighted by Gasteiger charge is -2.10. The van der Waals surface area contributed by atoms with E-state index < -0.39 is 0 Å². The summed E-state index contributed by atoms with van der Waals surface area (Å²) in [5.41, 5.74) is 1.71. The maximum Gasteiger partial charge on any atom is 0.255 e. The topological polar surface area (TPSA) is 58.6 Å². The van der Waals surface area contributed by atoms with Crippen molar-refractivity contribution in [2.75, 3.05) is 12.4 Å². The lowest BCUT2D eigenvalue weighted by molar-refractivity contribution is 0.102. The van der Waals surface area contributed by atoms with Crippen LogP contribution in [0.1, 0.15) is 15.9 Å². The summed E-state index contributed by atoms with van der Waals surface area (Å²) in [5, 5.41) is 12.6. The maximum atomic E-state index is 12.0. The Morgan fingerprint density at radius 1 is 1.25 bits per heavy atom. The normalized spacial score (nSPS) is 10.2. The molecule has 2 aromatic carbocycles. The standard InChI is InChI=1S/C15H14ClNO3/c1-20-14-7-6-13(8-11(14)9-18)17-15(19)10-2-4-12(16)5-3-10/h2-8,18H,9H2,1H3,(H,17,19). The first kappa shape index (κ1) is 14.4. The summed E-state index contributed by atoms with van der Waals surface area (Å²) < 4.78 is 5.11. The minimum atomic E-state index is -0.240. The number of hydrogen-bond donors (Lipinski definition) is 2. The summed E-state index contributed by atoms with van der Waals surface area (Å²) in [4.78, 5) is 12.0. The van der Waals surface area contributed by atoms with E-state index in [4.69, 9.17) is 16.3 Å². The number of benzene rings is 2. The molecule has 1 amide bonds. The molecule has 2 N–H and O–H groups in total. The van der Waals surface area contributed by atoms with Gasteiger partial charge in [-0.15, -0.1) is 0 Å². The highest BCUT2D eigenvalue weighted by atomic mass is 35.5. The molecule has 0 unspecified atom stereocenters. The quantitative estimate of drug-likeness (QED) is 0.910. The Kier molecular flexibility index (Phi) is 4.61. The van der Waals surface area contributed by atoms with E-state index >= 15 is 0 Å². The Morgan fingerprint density at radius 2 is 1.95 bits per heavy atom. The Bertz CT molecular complexity index is 611. The molecule has 0 spiro atoms. The van der Waals surface area contributed by atoms with Crippen LogP contribution < -0.4 is 10.1 Å². The first-order chi connectivity index (χ1) is 9.63. The van der Waals surface area contributed by atoms with Gasteiger partial charge < -0.3 is 15.2 Å². The molecule has 104 valence electrons. The van der Waals surface area contributed by atoms with Gasteiger partial charge in [0.25, 0.3) is 5.91 Å².